The Morgan fingerprint density at radius 2 is 1.85 bits per heavy atom. The number of nitrogens with one attached hydrogen (secondary N) is 1. The van der Waals surface area contributed by atoms with Crippen molar-refractivity contribution in [2.24, 2.45) is 11.8 Å². The van der Waals surface area contributed by atoms with Crippen molar-refractivity contribution in [2.45, 2.75) is 65.5 Å². The molecule has 27 heavy (non-hydrogen) atoms. The molecule has 2 rings (SSSR count). The van der Waals surface area contributed by atoms with E-state index in [-0.39, 0.29) is 24.4 Å². The number of hydrogen-bond acceptors (Lipinski definition) is 4. The van der Waals surface area contributed by atoms with Crippen LogP contribution >= 0.6 is 0 Å². The molecule has 0 aromatic rings. The second kappa shape index (κ2) is 10.4. The zero-order valence-electron chi connectivity index (χ0n) is 18.0. The maximum Gasteiger partial charge on any atom is 0.242 e. The number of piperidine rings is 1. The quantitative estimate of drug-likeness (QED) is 0.698. The van der Waals surface area contributed by atoms with E-state index in [1.165, 1.54) is 6.42 Å². The molecule has 0 aromatic heterocycles. The Balaban J connectivity index is 1.75. The predicted molar refractivity (Wildman–Crippen MR) is 110 cm³/mol. The third kappa shape index (κ3) is 6.75. The molecule has 0 spiro atoms. The Bertz CT molecular complexity index is 487. The molecule has 2 fully saturated rings. The molecule has 1 atom stereocenters. The fourth-order valence-corrected chi connectivity index (χ4v) is 3.98. The second-order valence-corrected chi connectivity index (χ2v) is 9.08. The molecule has 2 heterocycles. The molecule has 0 aromatic carbocycles. The molecule has 0 aliphatic carbocycles. The van der Waals surface area contributed by atoms with Crippen LogP contribution in [0.25, 0.3) is 0 Å². The lowest BCUT2D eigenvalue weighted by Gasteiger charge is -2.37. The zero-order chi connectivity index (χ0) is 20.0. The van der Waals surface area contributed by atoms with Gasteiger partial charge in [0.1, 0.15) is 0 Å². The molecule has 1 N–H and O–H groups in total. The van der Waals surface area contributed by atoms with Gasteiger partial charge in [0, 0.05) is 32.2 Å². The first-order valence-electron chi connectivity index (χ1n) is 10.8. The zero-order valence-corrected chi connectivity index (χ0v) is 18.0. The monoisotopic (exact) mass is 380 g/mol. The summed E-state index contributed by atoms with van der Waals surface area (Å²) in [5.41, 5.74) is 0. The van der Waals surface area contributed by atoms with Crippen molar-refractivity contribution in [3.8, 4) is 0 Å². The average Bonchev–Trinajstić information content (AvgIpc) is 2.63. The van der Waals surface area contributed by atoms with Gasteiger partial charge < -0.3 is 20.0 Å². The summed E-state index contributed by atoms with van der Waals surface area (Å²) in [7, 11) is 2.18. The predicted octanol–water partition coefficient (Wildman–Crippen LogP) is 1.80. The van der Waals surface area contributed by atoms with Gasteiger partial charge in [-0.1, -0.05) is 13.8 Å². The molecule has 2 aliphatic heterocycles. The van der Waals surface area contributed by atoms with E-state index in [0.29, 0.717) is 24.4 Å². The van der Waals surface area contributed by atoms with E-state index in [4.69, 9.17) is 0 Å². The van der Waals surface area contributed by atoms with Gasteiger partial charge in [0.2, 0.25) is 11.8 Å². The van der Waals surface area contributed by atoms with Gasteiger partial charge in [0.05, 0.1) is 12.6 Å². The highest BCUT2D eigenvalue weighted by molar-refractivity contribution is 5.88. The minimum Gasteiger partial charge on any atom is -0.341 e. The number of piperazine rings is 1. The van der Waals surface area contributed by atoms with Gasteiger partial charge in [0.15, 0.2) is 0 Å². The van der Waals surface area contributed by atoms with Crippen LogP contribution in [0.5, 0.6) is 0 Å². The van der Waals surface area contributed by atoms with Gasteiger partial charge in [-0.2, -0.15) is 0 Å². The van der Waals surface area contributed by atoms with Gasteiger partial charge in [0.25, 0.3) is 0 Å². The van der Waals surface area contributed by atoms with Crippen molar-refractivity contribution in [3.05, 3.63) is 0 Å². The van der Waals surface area contributed by atoms with Gasteiger partial charge in [-0.3, -0.25) is 9.59 Å². The summed E-state index contributed by atoms with van der Waals surface area (Å²) in [5.74, 6) is 1.39. The molecule has 6 heteroatoms. The van der Waals surface area contributed by atoms with Crippen LogP contribution in [0.4, 0.5) is 0 Å². The highest BCUT2D eigenvalue weighted by Gasteiger charge is 2.31. The fourth-order valence-electron chi connectivity index (χ4n) is 3.98. The minimum atomic E-state index is -0.129. The first-order chi connectivity index (χ1) is 12.8. The lowest BCUT2D eigenvalue weighted by molar-refractivity contribution is -0.144. The molecular formula is C21H40N4O2. The van der Waals surface area contributed by atoms with Crippen LogP contribution < -0.4 is 5.32 Å². The van der Waals surface area contributed by atoms with Gasteiger partial charge in [-0.25, -0.2) is 0 Å². The normalized spacial score (nSPS) is 22.4. The second-order valence-electron chi connectivity index (χ2n) is 9.08. The van der Waals surface area contributed by atoms with E-state index in [1.54, 1.807) is 4.90 Å². The average molecular weight is 381 g/mol. The van der Waals surface area contributed by atoms with Crippen LogP contribution in [0, 0.1) is 11.8 Å². The third-order valence-electron chi connectivity index (χ3n) is 6.15. The lowest BCUT2D eigenvalue weighted by atomic mass is 9.93. The summed E-state index contributed by atoms with van der Waals surface area (Å²) >= 11 is 0. The number of carbonyl (C=O) groups excluding carboxylic acids is 2. The summed E-state index contributed by atoms with van der Waals surface area (Å²) in [6, 6.07) is 0.456. The molecule has 0 radical (unpaired) electrons. The third-order valence-corrected chi connectivity index (χ3v) is 6.15. The van der Waals surface area contributed by atoms with Crippen LogP contribution in [-0.4, -0.2) is 84.9 Å². The molecule has 0 bridgehead atoms. The number of nitrogens with zero attached hydrogens (tertiary/aromatic N) is 3. The molecule has 156 valence electrons. The number of likely N-dealkylation sites (tertiary alicyclic amines) is 1. The smallest absolute Gasteiger partial charge is 0.242 e. The van der Waals surface area contributed by atoms with Gasteiger partial charge in [-0.05, 0) is 65.0 Å². The summed E-state index contributed by atoms with van der Waals surface area (Å²) in [6.07, 6.45) is 4.22. The maximum atomic E-state index is 12.7. The summed E-state index contributed by atoms with van der Waals surface area (Å²) in [4.78, 5) is 31.4. The summed E-state index contributed by atoms with van der Waals surface area (Å²) in [5, 5.41) is 3.30. The largest absolute Gasteiger partial charge is 0.341 e. The Labute approximate surface area is 165 Å². The number of carbonyl (C=O) groups is 2. The molecule has 2 saturated heterocycles. The molecule has 6 nitrogen and oxygen atoms in total. The molecular weight excluding hydrogens is 340 g/mol. The van der Waals surface area contributed by atoms with E-state index in [2.05, 4.69) is 45.0 Å². The van der Waals surface area contributed by atoms with Crippen molar-refractivity contribution < 1.29 is 9.59 Å². The lowest BCUT2D eigenvalue weighted by Crippen LogP contribution is -2.57. The van der Waals surface area contributed by atoms with Crippen molar-refractivity contribution >= 4 is 11.8 Å². The highest BCUT2D eigenvalue weighted by Crippen LogP contribution is 2.21. The van der Waals surface area contributed by atoms with E-state index in [9.17, 15) is 9.59 Å². The Morgan fingerprint density at radius 3 is 2.44 bits per heavy atom. The van der Waals surface area contributed by atoms with Gasteiger partial charge in [-0.15, -0.1) is 0 Å². The molecule has 0 saturated carbocycles. The van der Waals surface area contributed by atoms with Crippen LogP contribution in [0.1, 0.15) is 53.4 Å². The Morgan fingerprint density at radius 1 is 1.19 bits per heavy atom. The summed E-state index contributed by atoms with van der Waals surface area (Å²) in [6.45, 7) is 13.2. The number of amides is 2. The first-order valence-corrected chi connectivity index (χ1v) is 10.8. The first kappa shape index (κ1) is 22.2. The number of rotatable bonds is 8. The van der Waals surface area contributed by atoms with Crippen molar-refractivity contribution in [3.63, 3.8) is 0 Å². The van der Waals surface area contributed by atoms with Crippen molar-refractivity contribution in [2.75, 3.05) is 46.3 Å². The van der Waals surface area contributed by atoms with Crippen molar-refractivity contribution in [1.82, 2.24) is 20.0 Å². The molecule has 2 aliphatic rings. The van der Waals surface area contributed by atoms with E-state index in [1.807, 2.05) is 4.90 Å². The van der Waals surface area contributed by atoms with Gasteiger partial charge >= 0.3 is 0 Å². The van der Waals surface area contributed by atoms with Crippen molar-refractivity contribution in [1.29, 1.82) is 0 Å². The van der Waals surface area contributed by atoms with E-state index < -0.39 is 0 Å². The highest BCUT2D eigenvalue weighted by atomic mass is 16.2. The topological polar surface area (TPSA) is 55.9 Å². The SMILES string of the molecule is CC(C)CC1NCCN(CC(=O)N2CCC(CCN(C)C(C)C)CC2)C1=O. The number of hydrogen-bond donors (Lipinski definition) is 1. The Kier molecular flexibility index (Phi) is 8.55. The maximum absolute atomic E-state index is 12.7. The van der Waals surface area contributed by atoms with Crippen LogP contribution in [0.15, 0.2) is 0 Å². The van der Waals surface area contributed by atoms with Crippen LogP contribution in [-0.2, 0) is 9.59 Å². The Hall–Kier alpha value is -1.14. The fraction of sp³-hybridized carbons (Fsp3) is 0.905. The van der Waals surface area contributed by atoms with Crippen LogP contribution in [0.2, 0.25) is 0 Å². The standard InChI is InChI=1S/C21H40N4O2/c1-16(2)14-19-21(27)25(13-9-22-19)15-20(26)24-11-7-18(8-12-24)6-10-23(5)17(3)4/h16-19,22H,6-15H2,1-5H3. The van der Waals surface area contributed by atoms with E-state index in [0.717, 1.165) is 45.4 Å². The van der Waals surface area contributed by atoms with Crippen LogP contribution in [0.3, 0.4) is 0 Å². The molecule has 1 unspecified atom stereocenters. The molecule has 2 amide bonds. The summed E-state index contributed by atoms with van der Waals surface area (Å²) < 4.78 is 0. The van der Waals surface area contributed by atoms with E-state index >= 15 is 0 Å². The minimum absolute atomic E-state index is 0.0925.